The number of fused-ring (bicyclic) bond motifs is 4. The molecule has 3 heterocycles. The van der Waals surface area contributed by atoms with Crippen molar-refractivity contribution in [1.82, 2.24) is 19.8 Å². The SMILES string of the molecule is CNC(=O)c1c2c(cn(C)c1=O)CN(C(=O)c1ccc3[nH]c4c(c3c1)CCCC4)CC2. The average Bonchev–Trinajstić information content (AvgIpc) is 3.16. The fourth-order valence-corrected chi connectivity index (χ4v) is 5.04. The predicted molar refractivity (Wildman–Crippen MR) is 118 cm³/mol. The Bertz CT molecular complexity index is 1280. The number of nitrogens with one attached hydrogen (secondary N) is 2. The molecule has 160 valence electrons. The van der Waals surface area contributed by atoms with Gasteiger partial charge in [0.25, 0.3) is 17.4 Å². The lowest BCUT2D eigenvalue weighted by atomic mass is 9.94. The largest absolute Gasteiger partial charge is 0.358 e. The number of hydrogen-bond acceptors (Lipinski definition) is 3. The second-order valence-electron chi connectivity index (χ2n) is 8.53. The van der Waals surface area contributed by atoms with Crippen molar-refractivity contribution in [3.05, 3.63) is 68.3 Å². The molecule has 1 aromatic carbocycles. The topological polar surface area (TPSA) is 87.2 Å². The number of nitrogens with zero attached hydrogens (tertiary/aromatic N) is 2. The van der Waals surface area contributed by atoms with Gasteiger partial charge in [0.05, 0.1) is 0 Å². The van der Waals surface area contributed by atoms with E-state index in [0.717, 1.165) is 34.9 Å². The molecular weight excluding hydrogens is 392 g/mol. The summed E-state index contributed by atoms with van der Waals surface area (Å²) in [7, 11) is 3.16. The summed E-state index contributed by atoms with van der Waals surface area (Å²) in [6.07, 6.45) is 6.76. The second-order valence-corrected chi connectivity index (χ2v) is 8.53. The van der Waals surface area contributed by atoms with Gasteiger partial charge in [0.15, 0.2) is 0 Å². The van der Waals surface area contributed by atoms with Gasteiger partial charge in [0, 0.05) is 55.5 Å². The zero-order valence-electron chi connectivity index (χ0n) is 17.9. The van der Waals surface area contributed by atoms with Gasteiger partial charge in [-0.3, -0.25) is 14.4 Å². The molecule has 0 atom stereocenters. The number of carbonyl (C=O) groups excluding carboxylic acids is 2. The van der Waals surface area contributed by atoms with E-state index in [1.54, 1.807) is 18.1 Å². The molecule has 0 fully saturated rings. The Morgan fingerprint density at radius 3 is 2.71 bits per heavy atom. The van der Waals surface area contributed by atoms with Crippen LogP contribution >= 0.6 is 0 Å². The second kappa shape index (κ2) is 7.41. The first-order valence-electron chi connectivity index (χ1n) is 10.8. The Morgan fingerprint density at radius 1 is 1.10 bits per heavy atom. The Hall–Kier alpha value is -3.35. The first kappa shape index (κ1) is 19.6. The van der Waals surface area contributed by atoms with Crippen LogP contribution in [0.5, 0.6) is 0 Å². The van der Waals surface area contributed by atoms with Crippen LogP contribution in [0.4, 0.5) is 0 Å². The number of benzene rings is 1. The number of aromatic nitrogens is 2. The van der Waals surface area contributed by atoms with Crippen molar-refractivity contribution in [2.75, 3.05) is 13.6 Å². The van der Waals surface area contributed by atoms with Crippen LogP contribution in [0.2, 0.25) is 0 Å². The van der Waals surface area contributed by atoms with Crippen molar-refractivity contribution in [1.29, 1.82) is 0 Å². The number of hydrogen-bond donors (Lipinski definition) is 2. The minimum atomic E-state index is -0.375. The summed E-state index contributed by atoms with van der Waals surface area (Å²) in [4.78, 5) is 43.5. The number of carbonyl (C=O) groups is 2. The molecule has 0 spiro atoms. The molecule has 7 heteroatoms. The van der Waals surface area contributed by atoms with Crippen LogP contribution in [0.1, 0.15) is 55.9 Å². The summed E-state index contributed by atoms with van der Waals surface area (Å²) in [6.45, 7) is 0.863. The molecule has 2 N–H and O–H groups in total. The number of H-pyrrole nitrogens is 1. The van der Waals surface area contributed by atoms with Gasteiger partial charge in [-0.05, 0) is 67.0 Å². The molecular formula is C24H26N4O3. The zero-order chi connectivity index (χ0) is 21.7. The molecule has 2 aromatic heterocycles. The van der Waals surface area contributed by atoms with E-state index in [-0.39, 0.29) is 22.9 Å². The maximum absolute atomic E-state index is 13.3. The van der Waals surface area contributed by atoms with Gasteiger partial charge in [0.2, 0.25) is 0 Å². The standard InChI is InChI=1S/C24H26N4O3/c1-25-22(29)21-16-9-10-28(13-15(16)12-27(2)24(21)31)23(30)14-7-8-20-18(11-14)17-5-3-4-6-19(17)26-20/h7-8,11-12,26H,3-6,9-10,13H2,1-2H3,(H,25,29). The molecule has 0 unspecified atom stereocenters. The highest BCUT2D eigenvalue weighted by Crippen LogP contribution is 2.30. The third-order valence-corrected chi connectivity index (χ3v) is 6.65. The van der Waals surface area contributed by atoms with Crippen LogP contribution in [0.15, 0.2) is 29.2 Å². The number of aryl methyl sites for hydroxylation is 3. The third kappa shape index (κ3) is 3.15. The van der Waals surface area contributed by atoms with Crippen molar-refractivity contribution in [2.45, 2.75) is 38.6 Å². The number of amides is 2. The maximum atomic E-state index is 13.3. The number of aromatic amines is 1. The van der Waals surface area contributed by atoms with Gasteiger partial charge in [-0.1, -0.05) is 0 Å². The highest BCUT2D eigenvalue weighted by Gasteiger charge is 2.28. The van der Waals surface area contributed by atoms with Crippen molar-refractivity contribution >= 4 is 22.7 Å². The normalized spacial score (nSPS) is 15.5. The number of rotatable bonds is 2. The summed E-state index contributed by atoms with van der Waals surface area (Å²) in [5.74, 6) is -0.395. The van der Waals surface area contributed by atoms with E-state index in [9.17, 15) is 14.4 Å². The van der Waals surface area contributed by atoms with E-state index in [4.69, 9.17) is 0 Å². The van der Waals surface area contributed by atoms with Gasteiger partial charge < -0.3 is 19.8 Å². The maximum Gasteiger partial charge on any atom is 0.263 e. The highest BCUT2D eigenvalue weighted by molar-refractivity contribution is 5.99. The Morgan fingerprint density at radius 2 is 1.90 bits per heavy atom. The molecule has 2 aliphatic rings. The van der Waals surface area contributed by atoms with Crippen LogP contribution in [0.3, 0.4) is 0 Å². The van der Waals surface area contributed by atoms with Crippen LogP contribution in [0, 0.1) is 0 Å². The van der Waals surface area contributed by atoms with Crippen LogP contribution < -0.4 is 10.9 Å². The fourth-order valence-electron chi connectivity index (χ4n) is 5.04. The van der Waals surface area contributed by atoms with Crippen molar-refractivity contribution in [3.8, 4) is 0 Å². The molecule has 1 aliphatic heterocycles. The quantitative estimate of drug-likeness (QED) is 0.670. The molecule has 31 heavy (non-hydrogen) atoms. The summed E-state index contributed by atoms with van der Waals surface area (Å²) < 4.78 is 1.43. The van der Waals surface area contributed by atoms with E-state index in [2.05, 4.69) is 10.3 Å². The van der Waals surface area contributed by atoms with E-state index >= 15 is 0 Å². The van der Waals surface area contributed by atoms with Crippen LogP contribution in [-0.2, 0) is 32.9 Å². The minimum absolute atomic E-state index is 0.0198. The zero-order valence-corrected chi connectivity index (χ0v) is 17.9. The van der Waals surface area contributed by atoms with E-state index in [0.29, 0.717) is 25.1 Å². The summed E-state index contributed by atoms with van der Waals surface area (Å²) in [5.41, 5.74) is 5.92. The summed E-state index contributed by atoms with van der Waals surface area (Å²) in [5, 5.41) is 3.72. The van der Waals surface area contributed by atoms with Crippen molar-refractivity contribution in [3.63, 3.8) is 0 Å². The minimum Gasteiger partial charge on any atom is -0.358 e. The molecule has 5 rings (SSSR count). The summed E-state index contributed by atoms with van der Waals surface area (Å²) in [6, 6.07) is 5.91. The first-order chi connectivity index (χ1) is 15.0. The monoisotopic (exact) mass is 418 g/mol. The lowest BCUT2D eigenvalue weighted by molar-refractivity contribution is 0.0734. The van der Waals surface area contributed by atoms with Crippen molar-refractivity contribution in [2.24, 2.45) is 7.05 Å². The molecule has 0 saturated carbocycles. The smallest absolute Gasteiger partial charge is 0.263 e. The lowest BCUT2D eigenvalue weighted by Crippen LogP contribution is -2.40. The Labute approximate surface area is 180 Å². The fraction of sp³-hybridized carbons (Fsp3) is 0.375. The molecule has 3 aromatic rings. The predicted octanol–water partition coefficient (Wildman–Crippen LogP) is 2.30. The summed E-state index contributed by atoms with van der Waals surface area (Å²) >= 11 is 0. The molecule has 0 bridgehead atoms. The van der Waals surface area contributed by atoms with Gasteiger partial charge in [-0.25, -0.2) is 0 Å². The van der Waals surface area contributed by atoms with Crippen LogP contribution in [-0.4, -0.2) is 39.9 Å². The average molecular weight is 418 g/mol. The Kier molecular flexibility index (Phi) is 4.68. The molecule has 2 amide bonds. The molecule has 0 radical (unpaired) electrons. The molecule has 7 nitrogen and oxygen atoms in total. The first-order valence-corrected chi connectivity index (χ1v) is 10.8. The van der Waals surface area contributed by atoms with E-state index in [1.165, 1.54) is 35.7 Å². The van der Waals surface area contributed by atoms with Gasteiger partial charge in [-0.15, -0.1) is 0 Å². The highest BCUT2D eigenvalue weighted by atomic mass is 16.2. The third-order valence-electron chi connectivity index (χ3n) is 6.65. The van der Waals surface area contributed by atoms with Crippen molar-refractivity contribution < 1.29 is 9.59 Å². The number of pyridine rings is 1. The van der Waals surface area contributed by atoms with Crippen LogP contribution in [0.25, 0.3) is 10.9 Å². The van der Waals surface area contributed by atoms with Gasteiger partial charge in [0.1, 0.15) is 5.56 Å². The lowest BCUT2D eigenvalue weighted by Gasteiger charge is -2.30. The van der Waals surface area contributed by atoms with Gasteiger partial charge >= 0.3 is 0 Å². The molecule has 1 aliphatic carbocycles. The Balaban J connectivity index is 1.48. The van der Waals surface area contributed by atoms with Gasteiger partial charge in [-0.2, -0.15) is 0 Å². The molecule has 0 saturated heterocycles. The van der Waals surface area contributed by atoms with E-state index in [1.807, 2.05) is 18.2 Å². The van der Waals surface area contributed by atoms with E-state index < -0.39 is 0 Å².